The van der Waals surface area contributed by atoms with Gasteiger partial charge in [-0.2, -0.15) is 0 Å². The molecule has 0 fully saturated rings. The Bertz CT molecular complexity index is 1050. The summed E-state index contributed by atoms with van der Waals surface area (Å²) in [6.45, 7) is 3.54. The minimum Gasteiger partial charge on any atom is -0.403 e. The van der Waals surface area contributed by atoms with Gasteiger partial charge in [-0.1, -0.05) is 18.2 Å². The molecule has 0 radical (unpaired) electrons. The molecule has 0 saturated carbocycles. The maximum atomic E-state index is 14.4. The minimum absolute atomic E-state index is 0.290. The van der Waals surface area contributed by atoms with Crippen molar-refractivity contribution in [3.8, 4) is 16.9 Å². The van der Waals surface area contributed by atoms with Crippen molar-refractivity contribution in [2.75, 3.05) is 5.32 Å². The third-order valence-corrected chi connectivity index (χ3v) is 4.26. The fourth-order valence-corrected chi connectivity index (χ4v) is 2.99. The van der Waals surface area contributed by atoms with Gasteiger partial charge in [0, 0.05) is 12.4 Å². The standard InChI is InChI=1S/C21H16F4N2O2/c1-12-6-7-13(2)18(17(12)14-8-10-26-11-9-14)20(28)27-15-4-3-5-16(19(15)22)29-21(23,24)25/h3-11H,1-2H3,(H,27,28). The molecule has 8 heteroatoms. The number of aryl methyl sites for hydroxylation is 2. The zero-order valence-electron chi connectivity index (χ0n) is 15.5. The third kappa shape index (κ3) is 4.53. The van der Waals surface area contributed by atoms with E-state index in [1.54, 1.807) is 37.5 Å². The molecule has 0 aliphatic rings. The highest BCUT2D eigenvalue weighted by Gasteiger charge is 2.33. The number of anilines is 1. The first-order chi connectivity index (χ1) is 13.7. The van der Waals surface area contributed by atoms with Crippen molar-refractivity contribution in [2.45, 2.75) is 20.2 Å². The lowest BCUT2D eigenvalue weighted by atomic mass is 9.92. The van der Waals surface area contributed by atoms with Crippen LogP contribution in [0.4, 0.5) is 23.2 Å². The van der Waals surface area contributed by atoms with E-state index < -0.39 is 29.5 Å². The summed E-state index contributed by atoms with van der Waals surface area (Å²) in [6, 6.07) is 10.2. The van der Waals surface area contributed by atoms with Crippen LogP contribution in [-0.4, -0.2) is 17.3 Å². The van der Waals surface area contributed by atoms with Gasteiger partial charge < -0.3 is 10.1 Å². The van der Waals surface area contributed by atoms with Gasteiger partial charge in [0.05, 0.1) is 11.3 Å². The predicted octanol–water partition coefficient (Wildman–Crippen LogP) is 5.66. The molecular formula is C21H16F4N2O2. The fourth-order valence-electron chi connectivity index (χ4n) is 2.99. The van der Waals surface area contributed by atoms with Crippen molar-refractivity contribution in [2.24, 2.45) is 0 Å². The van der Waals surface area contributed by atoms with Crippen molar-refractivity contribution < 1.29 is 27.1 Å². The summed E-state index contributed by atoms with van der Waals surface area (Å²) in [7, 11) is 0. The number of halogens is 4. The maximum absolute atomic E-state index is 14.4. The lowest BCUT2D eigenvalue weighted by Crippen LogP contribution is -2.19. The Morgan fingerprint density at radius 1 is 1.00 bits per heavy atom. The van der Waals surface area contributed by atoms with Crippen LogP contribution in [0.25, 0.3) is 11.1 Å². The average molecular weight is 404 g/mol. The van der Waals surface area contributed by atoms with E-state index in [2.05, 4.69) is 15.0 Å². The normalized spacial score (nSPS) is 11.2. The monoisotopic (exact) mass is 404 g/mol. The van der Waals surface area contributed by atoms with Gasteiger partial charge in [0.1, 0.15) is 0 Å². The quantitative estimate of drug-likeness (QED) is 0.572. The van der Waals surface area contributed by atoms with Gasteiger partial charge in [-0.3, -0.25) is 9.78 Å². The molecule has 0 spiro atoms. The van der Waals surface area contributed by atoms with Crippen molar-refractivity contribution in [1.29, 1.82) is 0 Å². The van der Waals surface area contributed by atoms with E-state index in [9.17, 15) is 22.4 Å². The summed E-state index contributed by atoms with van der Waals surface area (Å²) in [6.07, 6.45) is -1.89. The number of carbonyl (C=O) groups is 1. The molecule has 150 valence electrons. The lowest BCUT2D eigenvalue weighted by molar-refractivity contribution is -0.275. The molecule has 0 bridgehead atoms. The second-order valence-electron chi connectivity index (χ2n) is 6.30. The molecule has 1 heterocycles. The highest BCUT2D eigenvalue weighted by Crippen LogP contribution is 2.32. The fraction of sp³-hybridized carbons (Fsp3) is 0.143. The van der Waals surface area contributed by atoms with Crippen molar-refractivity contribution >= 4 is 11.6 Å². The van der Waals surface area contributed by atoms with Crippen LogP contribution in [0.15, 0.2) is 54.9 Å². The Morgan fingerprint density at radius 3 is 2.31 bits per heavy atom. The van der Waals surface area contributed by atoms with Gasteiger partial charge in [0.2, 0.25) is 0 Å². The number of alkyl halides is 3. The molecule has 0 saturated heterocycles. The van der Waals surface area contributed by atoms with Gasteiger partial charge in [-0.25, -0.2) is 4.39 Å². The number of benzene rings is 2. The molecule has 2 aromatic carbocycles. The first kappa shape index (κ1) is 20.3. The number of ether oxygens (including phenoxy) is 1. The SMILES string of the molecule is Cc1ccc(C)c(-c2ccncc2)c1C(=O)Nc1cccc(OC(F)(F)F)c1F. The van der Waals surface area contributed by atoms with E-state index >= 15 is 0 Å². The Labute approximate surface area is 164 Å². The average Bonchev–Trinajstić information content (AvgIpc) is 2.66. The molecule has 1 N–H and O–H groups in total. The van der Waals surface area contributed by atoms with Crippen LogP contribution in [0.3, 0.4) is 0 Å². The first-order valence-electron chi connectivity index (χ1n) is 8.53. The van der Waals surface area contributed by atoms with Crippen molar-refractivity contribution in [3.05, 3.63) is 77.4 Å². The number of hydrogen-bond acceptors (Lipinski definition) is 3. The molecule has 0 aliphatic heterocycles. The predicted molar refractivity (Wildman–Crippen MR) is 100 cm³/mol. The molecule has 29 heavy (non-hydrogen) atoms. The first-order valence-corrected chi connectivity index (χ1v) is 8.53. The van der Waals surface area contributed by atoms with Gasteiger partial charge >= 0.3 is 6.36 Å². The van der Waals surface area contributed by atoms with Crippen LogP contribution < -0.4 is 10.1 Å². The Balaban J connectivity index is 2.01. The summed E-state index contributed by atoms with van der Waals surface area (Å²) in [5.41, 5.74) is 2.68. The molecule has 1 aromatic heterocycles. The van der Waals surface area contributed by atoms with Crippen LogP contribution in [0.1, 0.15) is 21.5 Å². The molecule has 1 amide bonds. The second kappa shape index (κ2) is 7.90. The van der Waals surface area contributed by atoms with Gasteiger partial charge in [-0.15, -0.1) is 13.2 Å². The van der Waals surface area contributed by atoms with Crippen molar-refractivity contribution in [3.63, 3.8) is 0 Å². The Morgan fingerprint density at radius 2 is 1.66 bits per heavy atom. The lowest BCUT2D eigenvalue weighted by Gasteiger charge is -2.17. The van der Waals surface area contributed by atoms with Crippen LogP contribution >= 0.6 is 0 Å². The number of rotatable bonds is 4. The molecule has 0 unspecified atom stereocenters. The number of aromatic nitrogens is 1. The van der Waals surface area contributed by atoms with Gasteiger partial charge in [0.15, 0.2) is 11.6 Å². The molecule has 3 rings (SSSR count). The van der Waals surface area contributed by atoms with Crippen LogP contribution in [0.5, 0.6) is 5.75 Å². The number of nitrogens with one attached hydrogen (secondary N) is 1. The highest BCUT2D eigenvalue weighted by atomic mass is 19.4. The van der Waals surface area contributed by atoms with E-state index in [0.717, 1.165) is 29.3 Å². The number of pyridine rings is 1. The highest BCUT2D eigenvalue weighted by molar-refractivity contribution is 6.10. The number of nitrogens with zero attached hydrogens (tertiary/aromatic N) is 1. The smallest absolute Gasteiger partial charge is 0.403 e. The zero-order chi connectivity index (χ0) is 21.2. The third-order valence-electron chi connectivity index (χ3n) is 4.26. The van der Waals surface area contributed by atoms with E-state index in [4.69, 9.17) is 0 Å². The molecule has 3 aromatic rings. The van der Waals surface area contributed by atoms with E-state index in [1.807, 2.05) is 13.0 Å². The number of amides is 1. The van der Waals surface area contributed by atoms with E-state index in [1.165, 1.54) is 0 Å². The maximum Gasteiger partial charge on any atom is 0.573 e. The number of carbonyl (C=O) groups excluding carboxylic acids is 1. The molecular weight excluding hydrogens is 388 g/mol. The van der Waals surface area contributed by atoms with E-state index in [-0.39, 0.29) is 5.56 Å². The van der Waals surface area contributed by atoms with Crippen LogP contribution in [-0.2, 0) is 0 Å². The second-order valence-corrected chi connectivity index (χ2v) is 6.30. The molecule has 4 nitrogen and oxygen atoms in total. The van der Waals surface area contributed by atoms with Gasteiger partial charge in [0.25, 0.3) is 5.91 Å². The van der Waals surface area contributed by atoms with Crippen LogP contribution in [0.2, 0.25) is 0 Å². The summed E-state index contributed by atoms with van der Waals surface area (Å²) < 4.78 is 55.4. The van der Waals surface area contributed by atoms with Crippen LogP contribution in [0, 0.1) is 19.7 Å². The molecule has 0 aliphatic carbocycles. The summed E-state index contributed by atoms with van der Waals surface area (Å²) >= 11 is 0. The Kier molecular flexibility index (Phi) is 5.54. The largest absolute Gasteiger partial charge is 0.573 e. The number of hydrogen-bond donors (Lipinski definition) is 1. The summed E-state index contributed by atoms with van der Waals surface area (Å²) in [5, 5.41) is 2.35. The zero-order valence-corrected chi connectivity index (χ0v) is 15.5. The Hall–Kier alpha value is -3.42. The minimum atomic E-state index is -5.05. The summed E-state index contributed by atoms with van der Waals surface area (Å²) in [5.74, 6) is -2.99. The van der Waals surface area contributed by atoms with E-state index in [0.29, 0.717) is 11.1 Å². The molecule has 0 atom stereocenters. The summed E-state index contributed by atoms with van der Waals surface area (Å²) in [4.78, 5) is 16.9. The topological polar surface area (TPSA) is 51.2 Å². The van der Waals surface area contributed by atoms with Crippen molar-refractivity contribution in [1.82, 2.24) is 4.98 Å². The van der Waals surface area contributed by atoms with Gasteiger partial charge in [-0.05, 0) is 60.4 Å².